The average molecular weight is 403 g/mol. The summed E-state index contributed by atoms with van der Waals surface area (Å²) in [6.45, 7) is 8.00. The van der Waals surface area contributed by atoms with Crippen molar-refractivity contribution in [3.8, 4) is 0 Å². The molecule has 0 radical (unpaired) electrons. The molecular weight excluding hydrogens is 368 g/mol. The normalized spacial score (nSPS) is 37.4. The number of carbonyl (C=O) groups excluding carboxylic acids is 2. The van der Waals surface area contributed by atoms with Crippen LogP contribution in [-0.2, 0) is 19.1 Å². The molecule has 7 unspecified atom stereocenters. The maximum atomic E-state index is 12.5. The summed E-state index contributed by atoms with van der Waals surface area (Å²) in [5.74, 6) is 0.614. The quantitative estimate of drug-likeness (QED) is 0.553. The van der Waals surface area contributed by atoms with E-state index in [1.165, 1.54) is 5.57 Å². The van der Waals surface area contributed by atoms with Crippen LogP contribution in [0.2, 0.25) is 0 Å². The fourth-order valence-electron chi connectivity index (χ4n) is 4.99. The molecule has 1 heterocycles. The van der Waals surface area contributed by atoms with E-state index in [0.29, 0.717) is 29.7 Å². The van der Waals surface area contributed by atoms with E-state index in [1.54, 1.807) is 13.0 Å². The Balaban J connectivity index is 1.76. The summed E-state index contributed by atoms with van der Waals surface area (Å²) >= 11 is 0. The lowest BCUT2D eigenvalue weighted by atomic mass is 9.65. The Bertz CT molecular complexity index is 719. The van der Waals surface area contributed by atoms with E-state index in [0.717, 1.165) is 19.3 Å². The van der Waals surface area contributed by atoms with Crippen molar-refractivity contribution in [2.45, 2.75) is 78.1 Å². The van der Waals surface area contributed by atoms with Gasteiger partial charge in [0.1, 0.15) is 12.2 Å². The summed E-state index contributed by atoms with van der Waals surface area (Å²) in [5, 5.41) is 9.89. The van der Waals surface area contributed by atoms with Crippen LogP contribution in [0.3, 0.4) is 0 Å². The lowest BCUT2D eigenvalue weighted by Crippen LogP contribution is -2.41. The van der Waals surface area contributed by atoms with Gasteiger partial charge in [-0.05, 0) is 56.4 Å². The Morgan fingerprint density at radius 1 is 1.31 bits per heavy atom. The molecular formula is C24H34O5. The Labute approximate surface area is 173 Å². The lowest BCUT2D eigenvalue weighted by Gasteiger charge is -2.43. The van der Waals surface area contributed by atoms with Crippen molar-refractivity contribution in [3.05, 3.63) is 35.5 Å². The highest BCUT2D eigenvalue weighted by Crippen LogP contribution is 2.45. The first-order valence-corrected chi connectivity index (χ1v) is 10.9. The van der Waals surface area contributed by atoms with Crippen molar-refractivity contribution in [2.75, 3.05) is 0 Å². The molecule has 160 valence electrons. The van der Waals surface area contributed by atoms with Crippen molar-refractivity contribution >= 4 is 11.9 Å². The van der Waals surface area contributed by atoms with E-state index in [-0.39, 0.29) is 36.5 Å². The van der Waals surface area contributed by atoms with Gasteiger partial charge in [-0.25, -0.2) is 4.79 Å². The van der Waals surface area contributed by atoms with Crippen molar-refractivity contribution in [1.82, 2.24) is 0 Å². The summed E-state index contributed by atoms with van der Waals surface area (Å²) in [4.78, 5) is 24.1. The largest absolute Gasteiger partial charge is 0.462 e. The van der Waals surface area contributed by atoms with Crippen LogP contribution in [0, 0.1) is 23.7 Å². The fraction of sp³-hybridized carbons (Fsp3) is 0.667. The highest BCUT2D eigenvalue weighted by Gasteiger charge is 2.42. The molecule has 0 amide bonds. The number of carbonyl (C=O) groups is 2. The minimum atomic E-state index is -0.603. The molecule has 1 aliphatic heterocycles. The van der Waals surface area contributed by atoms with Crippen molar-refractivity contribution in [2.24, 2.45) is 23.7 Å². The molecule has 0 saturated carbocycles. The third-order valence-electron chi connectivity index (χ3n) is 6.67. The van der Waals surface area contributed by atoms with Crippen LogP contribution in [-0.4, -0.2) is 35.4 Å². The Kier molecular flexibility index (Phi) is 6.99. The van der Waals surface area contributed by atoms with Crippen LogP contribution < -0.4 is 0 Å². The van der Waals surface area contributed by atoms with E-state index in [9.17, 15) is 14.7 Å². The minimum absolute atomic E-state index is 0.0921. The molecule has 5 heteroatoms. The van der Waals surface area contributed by atoms with Crippen molar-refractivity contribution < 1.29 is 24.2 Å². The summed E-state index contributed by atoms with van der Waals surface area (Å²) < 4.78 is 11.4. The van der Waals surface area contributed by atoms with Gasteiger partial charge in [-0.2, -0.15) is 0 Å². The summed E-state index contributed by atoms with van der Waals surface area (Å²) in [7, 11) is 0. The Morgan fingerprint density at radius 3 is 2.76 bits per heavy atom. The molecule has 3 rings (SSSR count). The van der Waals surface area contributed by atoms with Gasteiger partial charge in [-0.15, -0.1) is 0 Å². The maximum Gasteiger partial charge on any atom is 0.333 e. The van der Waals surface area contributed by atoms with Crippen LogP contribution in [0.15, 0.2) is 35.5 Å². The van der Waals surface area contributed by atoms with Gasteiger partial charge in [-0.1, -0.05) is 38.2 Å². The predicted molar refractivity (Wildman–Crippen MR) is 111 cm³/mol. The summed E-state index contributed by atoms with van der Waals surface area (Å²) in [6.07, 6.45) is 10.5. The number of fused-ring (bicyclic) bond motifs is 1. The van der Waals surface area contributed by atoms with Crippen LogP contribution in [0.25, 0.3) is 0 Å². The molecule has 5 nitrogen and oxygen atoms in total. The van der Waals surface area contributed by atoms with E-state index in [2.05, 4.69) is 32.1 Å². The van der Waals surface area contributed by atoms with Crippen LogP contribution in [0.5, 0.6) is 0 Å². The minimum Gasteiger partial charge on any atom is -0.462 e. The molecule has 1 N–H and O–H groups in total. The first-order valence-electron chi connectivity index (χ1n) is 10.9. The summed E-state index contributed by atoms with van der Waals surface area (Å²) in [6, 6.07) is 0. The molecule has 2 aliphatic carbocycles. The highest BCUT2D eigenvalue weighted by molar-refractivity contribution is 5.87. The highest BCUT2D eigenvalue weighted by atomic mass is 16.5. The third-order valence-corrected chi connectivity index (χ3v) is 6.67. The molecule has 0 spiro atoms. The SMILES string of the molecule is CC=C(C)C(=O)OC1CC(C)C=C2C=CC(C)C(CCC3CC(O)CC(=O)O3)C21. The molecule has 1 fully saturated rings. The molecule has 0 aromatic carbocycles. The van der Waals surface area contributed by atoms with Crippen LogP contribution >= 0.6 is 0 Å². The van der Waals surface area contributed by atoms with E-state index in [4.69, 9.17) is 9.47 Å². The van der Waals surface area contributed by atoms with Gasteiger partial charge in [0.05, 0.1) is 12.5 Å². The molecule has 3 aliphatic rings. The number of cyclic esters (lactones) is 1. The first kappa shape index (κ1) is 21.8. The lowest BCUT2D eigenvalue weighted by molar-refractivity contribution is -0.161. The molecule has 0 aromatic rings. The predicted octanol–water partition coefficient (Wildman–Crippen LogP) is 4.12. The maximum absolute atomic E-state index is 12.5. The number of esters is 2. The zero-order chi connectivity index (χ0) is 21.1. The second-order valence-electron chi connectivity index (χ2n) is 8.99. The number of hydrogen-bond donors (Lipinski definition) is 1. The molecule has 7 atom stereocenters. The number of hydrogen-bond acceptors (Lipinski definition) is 5. The van der Waals surface area contributed by atoms with Gasteiger partial charge in [0.2, 0.25) is 0 Å². The second kappa shape index (κ2) is 9.29. The monoisotopic (exact) mass is 402 g/mol. The number of aliphatic hydroxyl groups is 1. The van der Waals surface area contributed by atoms with E-state index < -0.39 is 6.10 Å². The third kappa shape index (κ3) is 5.19. The van der Waals surface area contributed by atoms with Gasteiger partial charge < -0.3 is 14.6 Å². The Hall–Kier alpha value is -1.88. The van der Waals surface area contributed by atoms with Crippen molar-refractivity contribution in [3.63, 3.8) is 0 Å². The first-order chi connectivity index (χ1) is 13.8. The molecule has 1 saturated heterocycles. The topological polar surface area (TPSA) is 72.8 Å². The van der Waals surface area contributed by atoms with Crippen LogP contribution in [0.1, 0.15) is 59.8 Å². The second-order valence-corrected chi connectivity index (χ2v) is 8.99. The van der Waals surface area contributed by atoms with Gasteiger partial charge >= 0.3 is 11.9 Å². The number of rotatable bonds is 5. The van der Waals surface area contributed by atoms with E-state index in [1.807, 2.05) is 6.92 Å². The number of allylic oxidation sites excluding steroid dienone is 4. The van der Waals surface area contributed by atoms with Gasteiger partial charge in [0, 0.05) is 17.9 Å². The van der Waals surface area contributed by atoms with E-state index >= 15 is 0 Å². The Morgan fingerprint density at radius 2 is 2.07 bits per heavy atom. The van der Waals surface area contributed by atoms with Gasteiger partial charge in [0.15, 0.2) is 0 Å². The molecule has 0 aromatic heterocycles. The fourth-order valence-corrected chi connectivity index (χ4v) is 4.99. The van der Waals surface area contributed by atoms with Gasteiger partial charge in [-0.3, -0.25) is 4.79 Å². The smallest absolute Gasteiger partial charge is 0.333 e. The molecule has 29 heavy (non-hydrogen) atoms. The van der Waals surface area contributed by atoms with Crippen LogP contribution in [0.4, 0.5) is 0 Å². The standard InChI is InChI=1S/C24H34O5/c1-5-15(3)24(27)29-21-11-14(2)10-17-7-6-16(4)20(23(17)21)9-8-19-12-18(25)13-22(26)28-19/h5-7,10,14,16,18-21,23,25H,8-9,11-13H2,1-4H3. The zero-order valence-electron chi connectivity index (χ0n) is 18.0. The number of aliphatic hydroxyl groups excluding tert-OH is 1. The average Bonchev–Trinajstić information content (AvgIpc) is 2.65. The zero-order valence-corrected chi connectivity index (χ0v) is 18.0. The number of ether oxygens (including phenoxy) is 2. The summed E-state index contributed by atoms with van der Waals surface area (Å²) in [5.41, 5.74) is 1.89. The molecule has 0 bridgehead atoms. The van der Waals surface area contributed by atoms with Gasteiger partial charge in [0.25, 0.3) is 0 Å². The van der Waals surface area contributed by atoms with Crippen molar-refractivity contribution in [1.29, 1.82) is 0 Å².